The third kappa shape index (κ3) is 5.50. The first kappa shape index (κ1) is 21.8. The summed E-state index contributed by atoms with van der Waals surface area (Å²) in [5.74, 6) is 0. The van der Waals surface area contributed by atoms with Crippen molar-refractivity contribution >= 4 is 34.6 Å². The number of benzene rings is 2. The van der Waals surface area contributed by atoms with Gasteiger partial charge in [-0.25, -0.2) is 4.68 Å². The second kappa shape index (κ2) is 10.7. The zero-order chi connectivity index (χ0) is 22.3. The normalized spacial score (nSPS) is 14.9. The Hall–Kier alpha value is -3.00. The van der Waals surface area contributed by atoms with Crippen molar-refractivity contribution in [2.24, 2.45) is 10.1 Å². The summed E-state index contributed by atoms with van der Waals surface area (Å²) in [5.41, 5.74) is 4.67. The molecule has 2 aromatic heterocycles. The van der Waals surface area contributed by atoms with Crippen LogP contribution in [-0.2, 0) is 11.2 Å². The highest BCUT2D eigenvalue weighted by Gasteiger charge is 2.11. The molecule has 3 heterocycles. The molecule has 2 aromatic carbocycles. The highest BCUT2D eigenvalue weighted by molar-refractivity contribution is 7.14. The molecule has 4 aromatic rings. The van der Waals surface area contributed by atoms with E-state index in [0.29, 0.717) is 0 Å². The number of nitrogens with zero attached hydrogens (tertiary/aromatic N) is 4. The molecule has 1 aliphatic rings. The predicted octanol–water partition coefficient (Wildman–Crippen LogP) is 5.14. The number of rotatable bonds is 7. The average molecular weight is 475 g/mol. The quantitative estimate of drug-likeness (QED) is 0.348. The van der Waals surface area contributed by atoms with Crippen molar-refractivity contribution in [1.82, 2.24) is 4.68 Å². The minimum atomic E-state index is 0.734. The maximum Gasteiger partial charge on any atom is 0.206 e. The fourth-order valence-corrected chi connectivity index (χ4v) is 5.41. The highest BCUT2D eigenvalue weighted by atomic mass is 32.1. The lowest BCUT2D eigenvalue weighted by Gasteiger charge is -2.28. The van der Waals surface area contributed by atoms with Gasteiger partial charge < -0.3 is 9.64 Å². The Morgan fingerprint density at radius 1 is 0.909 bits per heavy atom. The molecule has 7 heteroatoms. The minimum absolute atomic E-state index is 0.734. The highest BCUT2D eigenvalue weighted by Crippen LogP contribution is 2.25. The lowest BCUT2D eigenvalue weighted by molar-refractivity contribution is 0.122. The van der Waals surface area contributed by atoms with Gasteiger partial charge in [-0.2, -0.15) is 5.10 Å². The van der Waals surface area contributed by atoms with E-state index in [0.717, 1.165) is 55.3 Å². The molecule has 1 aliphatic heterocycles. The van der Waals surface area contributed by atoms with Crippen LogP contribution in [0.4, 0.5) is 5.69 Å². The van der Waals surface area contributed by atoms with Crippen molar-refractivity contribution in [3.8, 4) is 10.6 Å². The van der Waals surface area contributed by atoms with E-state index in [-0.39, 0.29) is 0 Å². The summed E-state index contributed by atoms with van der Waals surface area (Å²) in [5, 5.41) is 9.08. The van der Waals surface area contributed by atoms with E-state index in [1.54, 1.807) is 22.7 Å². The van der Waals surface area contributed by atoms with Crippen LogP contribution in [0.2, 0.25) is 0 Å². The largest absolute Gasteiger partial charge is 0.378 e. The van der Waals surface area contributed by atoms with Crippen molar-refractivity contribution in [3.63, 3.8) is 0 Å². The summed E-state index contributed by atoms with van der Waals surface area (Å²) in [6.45, 7) is 4.20. The molecule has 0 saturated carbocycles. The van der Waals surface area contributed by atoms with Crippen molar-refractivity contribution in [2.45, 2.75) is 6.42 Å². The van der Waals surface area contributed by atoms with Gasteiger partial charge in [0.2, 0.25) is 4.80 Å². The van der Waals surface area contributed by atoms with Crippen LogP contribution in [0.25, 0.3) is 10.6 Å². The Bertz CT molecular complexity index is 1240. The van der Waals surface area contributed by atoms with E-state index in [2.05, 4.69) is 76.3 Å². The number of hydrogen-bond acceptors (Lipinski definition) is 6. The fourth-order valence-electron chi connectivity index (χ4n) is 3.76. The Kier molecular flexibility index (Phi) is 7.11. The van der Waals surface area contributed by atoms with Gasteiger partial charge in [-0.1, -0.05) is 48.5 Å². The summed E-state index contributed by atoms with van der Waals surface area (Å²) in [6.07, 6.45) is 2.84. The van der Waals surface area contributed by atoms with E-state index in [1.165, 1.54) is 16.1 Å². The first-order valence-corrected chi connectivity index (χ1v) is 12.9. The second-order valence-corrected chi connectivity index (χ2v) is 9.53. The van der Waals surface area contributed by atoms with Gasteiger partial charge in [-0.05, 0) is 41.1 Å². The Balaban J connectivity index is 1.38. The number of morpholine rings is 1. The maximum atomic E-state index is 5.46. The Morgan fingerprint density at radius 3 is 2.48 bits per heavy atom. The van der Waals surface area contributed by atoms with Crippen LogP contribution in [0.1, 0.15) is 11.1 Å². The SMILES string of the molecule is C(=Nn1c(-c2cccs2)csc1=NCCc1ccccc1)c1ccc(N2CCOCC2)cc1. The van der Waals surface area contributed by atoms with Gasteiger partial charge in [0.15, 0.2) is 0 Å². The van der Waals surface area contributed by atoms with Gasteiger partial charge in [0.05, 0.1) is 30.0 Å². The number of anilines is 1. The first-order valence-electron chi connectivity index (χ1n) is 11.1. The predicted molar refractivity (Wildman–Crippen MR) is 139 cm³/mol. The molecule has 0 radical (unpaired) electrons. The van der Waals surface area contributed by atoms with Crippen molar-refractivity contribution in [3.05, 3.63) is 93.4 Å². The molecule has 0 unspecified atom stereocenters. The van der Waals surface area contributed by atoms with Gasteiger partial charge in [0, 0.05) is 30.7 Å². The van der Waals surface area contributed by atoms with Crippen LogP contribution in [0.15, 0.2) is 87.6 Å². The van der Waals surface area contributed by atoms with Crippen molar-refractivity contribution in [2.75, 3.05) is 37.7 Å². The van der Waals surface area contributed by atoms with E-state index in [9.17, 15) is 0 Å². The van der Waals surface area contributed by atoms with Gasteiger partial charge in [-0.3, -0.25) is 4.99 Å². The van der Waals surface area contributed by atoms with Crippen LogP contribution in [0, 0.1) is 0 Å². The minimum Gasteiger partial charge on any atom is -0.378 e. The molecule has 0 atom stereocenters. The van der Waals surface area contributed by atoms with Crippen molar-refractivity contribution in [1.29, 1.82) is 0 Å². The third-order valence-corrected chi connectivity index (χ3v) is 7.29. The molecule has 1 fully saturated rings. The molecule has 5 rings (SSSR count). The summed E-state index contributed by atoms with van der Waals surface area (Å²) < 4.78 is 7.43. The van der Waals surface area contributed by atoms with E-state index >= 15 is 0 Å². The summed E-state index contributed by atoms with van der Waals surface area (Å²) in [7, 11) is 0. The molecule has 0 amide bonds. The zero-order valence-electron chi connectivity index (χ0n) is 18.3. The first-order chi connectivity index (χ1) is 16.4. The molecular weight excluding hydrogens is 448 g/mol. The molecule has 33 heavy (non-hydrogen) atoms. The monoisotopic (exact) mass is 474 g/mol. The number of hydrogen-bond donors (Lipinski definition) is 0. The lowest BCUT2D eigenvalue weighted by Crippen LogP contribution is -2.36. The smallest absolute Gasteiger partial charge is 0.206 e. The van der Waals surface area contributed by atoms with E-state index < -0.39 is 0 Å². The van der Waals surface area contributed by atoms with Crippen LogP contribution in [0.5, 0.6) is 0 Å². The average Bonchev–Trinajstić information content (AvgIpc) is 3.54. The number of aromatic nitrogens is 1. The molecule has 0 aliphatic carbocycles. The van der Waals surface area contributed by atoms with Crippen LogP contribution in [-0.4, -0.2) is 43.7 Å². The van der Waals surface area contributed by atoms with Crippen LogP contribution in [0.3, 0.4) is 0 Å². The summed E-state index contributed by atoms with van der Waals surface area (Å²) in [4.78, 5) is 9.33. The molecule has 1 saturated heterocycles. The van der Waals surface area contributed by atoms with Crippen LogP contribution < -0.4 is 9.70 Å². The van der Waals surface area contributed by atoms with E-state index in [1.807, 2.05) is 17.0 Å². The standard InChI is InChI=1S/C26H26N4OS2/c1-2-5-21(6-3-1)12-13-27-26-30(24(20-33-26)25-7-4-18-32-25)28-19-22-8-10-23(11-9-22)29-14-16-31-17-15-29/h1-11,18-20H,12-17H2. The van der Waals surface area contributed by atoms with Crippen LogP contribution >= 0.6 is 22.7 Å². The molecule has 5 nitrogen and oxygen atoms in total. The third-order valence-electron chi connectivity index (χ3n) is 5.54. The van der Waals surface area contributed by atoms with Gasteiger partial charge >= 0.3 is 0 Å². The molecular formula is C26H26N4OS2. The van der Waals surface area contributed by atoms with E-state index in [4.69, 9.17) is 14.8 Å². The second-order valence-electron chi connectivity index (χ2n) is 7.75. The summed E-state index contributed by atoms with van der Waals surface area (Å²) in [6, 6.07) is 23.3. The topological polar surface area (TPSA) is 42.1 Å². The zero-order valence-corrected chi connectivity index (χ0v) is 20.0. The fraction of sp³-hybridized carbons (Fsp3) is 0.231. The Morgan fingerprint density at radius 2 is 1.73 bits per heavy atom. The van der Waals surface area contributed by atoms with Gasteiger partial charge in [0.1, 0.15) is 0 Å². The lowest BCUT2D eigenvalue weighted by atomic mass is 10.2. The number of ether oxygens (including phenoxy) is 1. The molecule has 0 spiro atoms. The van der Waals surface area contributed by atoms with Gasteiger partial charge in [0.25, 0.3) is 0 Å². The molecule has 0 bridgehead atoms. The maximum absolute atomic E-state index is 5.46. The molecule has 168 valence electrons. The van der Waals surface area contributed by atoms with Crippen molar-refractivity contribution < 1.29 is 4.74 Å². The van der Waals surface area contributed by atoms with Gasteiger partial charge in [-0.15, -0.1) is 22.7 Å². The summed E-state index contributed by atoms with van der Waals surface area (Å²) >= 11 is 3.35. The molecule has 0 N–H and O–H groups in total. The number of thiazole rings is 1. The number of thiophene rings is 1. The Labute approximate surface area is 201 Å².